The highest BCUT2D eigenvalue weighted by molar-refractivity contribution is 5.89. The first-order valence-corrected chi connectivity index (χ1v) is 7.49. The Labute approximate surface area is 138 Å². The molecule has 0 aliphatic carbocycles. The van der Waals surface area contributed by atoms with E-state index >= 15 is 0 Å². The number of nitrogens with one attached hydrogen (secondary N) is 2. The predicted molar refractivity (Wildman–Crippen MR) is 86.0 cm³/mol. The molecule has 0 saturated heterocycles. The third-order valence-electron chi connectivity index (χ3n) is 3.32. The van der Waals surface area contributed by atoms with Gasteiger partial charge in [-0.15, -0.1) is 5.10 Å². The Morgan fingerprint density at radius 2 is 2.21 bits per heavy atom. The Bertz CT molecular complexity index is 840. The van der Waals surface area contributed by atoms with E-state index in [4.69, 9.17) is 4.52 Å². The summed E-state index contributed by atoms with van der Waals surface area (Å²) in [5, 5.41) is 20.9. The van der Waals surface area contributed by atoms with Crippen molar-refractivity contribution in [1.82, 2.24) is 30.7 Å². The van der Waals surface area contributed by atoms with Crippen LogP contribution in [0.3, 0.4) is 0 Å². The van der Waals surface area contributed by atoms with E-state index < -0.39 is 0 Å². The smallest absolute Gasteiger partial charge is 0.319 e. The fourth-order valence-electron chi connectivity index (χ4n) is 2.21. The molecule has 9 nitrogen and oxygen atoms in total. The minimum atomic E-state index is -0.331. The lowest BCUT2D eigenvalue weighted by atomic mass is 10.2. The molecule has 2 amide bonds. The van der Waals surface area contributed by atoms with Gasteiger partial charge < -0.3 is 15.2 Å². The first kappa shape index (κ1) is 15.7. The van der Waals surface area contributed by atoms with Crippen LogP contribution in [0.1, 0.15) is 18.4 Å². The van der Waals surface area contributed by atoms with Crippen LogP contribution in [-0.2, 0) is 13.1 Å². The normalized spacial score (nSPS) is 10.6. The van der Waals surface area contributed by atoms with Gasteiger partial charge in [0, 0.05) is 23.9 Å². The Balaban J connectivity index is 1.65. The number of benzene rings is 1. The third kappa shape index (κ3) is 3.57. The van der Waals surface area contributed by atoms with E-state index in [1.807, 2.05) is 25.1 Å². The van der Waals surface area contributed by atoms with Gasteiger partial charge in [0.05, 0.1) is 6.54 Å². The Kier molecular flexibility index (Phi) is 4.50. The molecule has 0 unspecified atom stereocenters. The van der Waals surface area contributed by atoms with Crippen LogP contribution in [0.2, 0.25) is 0 Å². The zero-order valence-electron chi connectivity index (χ0n) is 13.4. The number of carbonyl (C=O) groups excluding carboxylic acids is 1. The maximum absolute atomic E-state index is 12.0. The highest BCUT2D eigenvalue weighted by Gasteiger charge is 2.09. The molecule has 0 bridgehead atoms. The number of nitrogens with zero attached hydrogens (tertiary/aromatic N) is 5. The Hall–Kier alpha value is -3.23. The number of aryl methyl sites for hydroxylation is 2. The Morgan fingerprint density at radius 3 is 2.96 bits per heavy atom. The van der Waals surface area contributed by atoms with E-state index in [2.05, 4.69) is 31.3 Å². The fourth-order valence-corrected chi connectivity index (χ4v) is 2.21. The van der Waals surface area contributed by atoms with Gasteiger partial charge in [0.2, 0.25) is 0 Å². The maximum Gasteiger partial charge on any atom is 0.319 e. The molecule has 2 heterocycles. The van der Waals surface area contributed by atoms with Crippen molar-refractivity contribution in [2.75, 3.05) is 5.32 Å². The van der Waals surface area contributed by atoms with Crippen molar-refractivity contribution < 1.29 is 9.32 Å². The number of rotatable bonds is 5. The lowest BCUT2D eigenvalue weighted by Crippen LogP contribution is -2.28. The van der Waals surface area contributed by atoms with Crippen LogP contribution in [0.5, 0.6) is 0 Å². The summed E-state index contributed by atoms with van der Waals surface area (Å²) in [6, 6.07) is 8.77. The van der Waals surface area contributed by atoms with Crippen molar-refractivity contribution >= 4 is 11.7 Å². The summed E-state index contributed by atoms with van der Waals surface area (Å²) in [6.07, 6.45) is 0. The van der Waals surface area contributed by atoms with E-state index in [0.29, 0.717) is 29.5 Å². The first-order valence-electron chi connectivity index (χ1n) is 7.49. The lowest BCUT2D eigenvalue weighted by Gasteiger charge is -2.08. The highest BCUT2D eigenvalue weighted by atomic mass is 16.5. The van der Waals surface area contributed by atoms with E-state index in [-0.39, 0.29) is 12.6 Å². The summed E-state index contributed by atoms with van der Waals surface area (Å²) in [4.78, 5) is 12.0. The molecule has 3 aromatic rings. The number of hydrogen-bond donors (Lipinski definition) is 2. The summed E-state index contributed by atoms with van der Waals surface area (Å²) >= 11 is 0. The van der Waals surface area contributed by atoms with Gasteiger partial charge in [-0.1, -0.05) is 17.3 Å². The summed E-state index contributed by atoms with van der Waals surface area (Å²) in [5.41, 5.74) is 2.14. The van der Waals surface area contributed by atoms with E-state index in [9.17, 15) is 4.79 Å². The lowest BCUT2D eigenvalue weighted by molar-refractivity contribution is 0.251. The van der Waals surface area contributed by atoms with Crippen LogP contribution in [0.25, 0.3) is 11.4 Å². The van der Waals surface area contributed by atoms with Crippen LogP contribution >= 0.6 is 0 Å². The molecule has 2 N–H and O–H groups in total. The largest absolute Gasteiger partial charge is 0.361 e. The summed E-state index contributed by atoms with van der Waals surface area (Å²) in [5.74, 6) is 1.35. The number of aromatic nitrogens is 5. The van der Waals surface area contributed by atoms with E-state index in [1.165, 1.54) is 0 Å². The number of hydrogen-bond acceptors (Lipinski definition) is 6. The van der Waals surface area contributed by atoms with Crippen molar-refractivity contribution in [3.8, 4) is 11.4 Å². The maximum atomic E-state index is 12.0. The van der Waals surface area contributed by atoms with Crippen LogP contribution < -0.4 is 10.6 Å². The monoisotopic (exact) mass is 327 g/mol. The SMILES string of the molecule is CCn1nnnc1-c1cccc(NC(=O)NCc2cc(C)on2)c1. The molecule has 0 radical (unpaired) electrons. The molecule has 124 valence electrons. The van der Waals surface area contributed by atoms with Crippen LogP contribution in [-0.4, -0.2) is 31.4 Å². The van der Waals surface area contributed by atoms with Gasteiger partial charge in [0.1, 0.15) is 11.5 Å². The van der Waals surface area contributed by atoms with Gasteiger partial charge in [-0.25, -0.2) is 9.48 Å². The number of urea groups is 1. The van der Waals surface area contributed by atoms with E-state index in [1.54, 1.807) is 23.7 Å². The molecule has 24 heavy (non-hydrogen) atoms. The van der Waals surface area contributed by atoms with Crippen molar-refractivity contribution in [2.45, 2.75) is 26.9 Å². The third-order valence-corrected chi connectivity index (χ3v) is 3.32. The molecule has 0 aliphatic rings. The van der Waals surface area contributed by atoms with Crippen molar-refractivity contribution in [1.29, 1.82) is 0 Å². The molecule has 0 atom stereocenters. The van der Waals surface area contributed by atoms with E-state index in [0.717, 1.165) is 5.56 Å². The molecular formula is C15H17N7O2. The molecule has 0 aliphatic heterocycles. The second kappa shape index (κ2) is 6.90. The van der Waals surface area contributed by atoms with Gasteiger partial charge in [-0.2, -0.15) is 0 Å². The van der Waals surface area contributed by atoms with Crippen molar-refractivity contribution in [3.05, 3.63) is 41.8 Å². The minimum absolute atomic E-state index is 0.289. The number of anilines is 1. The average Bonchev–Trinajstić information content (AvgIpc) is 3.21. The summed E-state index contributed by atoms with van der Waals surface area (Å²) in [7, 11) is 0. The molecular weight excluding hydrogens is 310 g/mol. The fraction of sp³-hybridized carbons (Fsp3) is 0.267. The topological polar surface area (TPSA) is 111 Å². The van der Waals surface area contributed by atoms with Crippen molar-refractivity contribution in [2.24, 2.45) is 0 Å². The number of carbonyl (C=O) groups is 1. The van der Waals surface area contributed by atoms with Crippen LogP contribution in [0, 0.1) is 6.92 Å². The zero-order valence-corrected chi connectivity index (χ0v) is 13.4. The molecule has 0 spiro atoms. The van der Waals surface area contributed by atoms with Crippen LogP contribution in [0.4, 0.5) is 10.5 Å². The molecule has 3 rings (SSSR count). The first-order chi connectivity index (χ1) is 11.7. The molecule has 0 fully saturated rings. The highest BCUT2D eigenvalue weighted by Crippen LogP contribution is 2.20. The minimum Gasteiger partial charge on any atom is -0.361 e. The molecule has 0 saturated carbocycles. The molecule has 2 aromatic heterocycles. The number of tetrazole rings is 1. The second-order valence-electron chi connectivity index (χ2n) is 5.14. The summed E-state index contributed by atoms with van der Waals surface area (Å²) in [6.45, 7) is 4.71. The molecule has 9 heteroatoms. The van der Waals surface area contributed by atoms with Gasteiger partial charge >= 0.3 is 6.03 Å². The van der Waals surface area contributed by atoms with Gasteiger partial charge in [-0.05, 0) is 36.4 Å². The van der Waals surface area contributed by atoms with Crippen molar-refractivity contribution in [3.63, 3.8) is 0 Å². The number of amides is 2. The Morgan fingerprint density at radius 1 is 1.33 bits per heavy atom. The van der Waals surface area contributed by atoms with Gasteiger partial charge in [0.25, 0.3) is 0 Å². The predicted octanol–water partition coefficient (Wildman–Crippen LogP) is 1.98. The zero-order chi connectivity index (χ0) is 16.9. The van der Waals surface area contributed by atoms with Crippen LogP contribution in [0.15, 0.2) is 34.9 Å². The van der Waals surface area contributed by atoms with Gasteiger partial charge in [0.15, 0.2) is 5.82 Å². The molecule has 1 aromatic carbocycles. The standard InChI is InChI=1S/C15H17N7O2/c1-3-22-14(18-20-21-22)11-5-4-6-12(8-11)17-15(23)16-9-13-7-10(2)24-19-13/h4-8H,3,9H2,1-2H3,(H2,16,17,23). The summed E-state index contributed by atoms with van der Waals surface area (Å²) < 4.78 is 6.64. The average molecular weight is 327 g/mol. The second-order valence-corrected chi connectivity index (χ2v) is 5.14. The quantitative estimate of drug-likeness (QED) is 0.741. The van der Waals surface area contributed by atoms with Gasteiger partial charge in [-0.3, -0.25) is 0 Å².